The SMILES string of the molecule is COc1ccc(CC(=O)N(C)CC(=O)NCc2ccco2)cc1. The van der Waals surface area contributed by atoms with Gasteiger partial charge in [-0.2, -0.15) is 0 Å². The second-order valence-electron chi connectivity index (χ2n) is 5.13. The van der Waals surface area contributed by atoms with Crippen molar-refractivity contribution in [2.45, 2.75) is 13.0 Å². The highest BCUT2D eigenvalue weighted by molar-refractivity contribution is 5.85. The fraction of sp³-hybridized carbons (Fsp3) is 0.294. The summed E-state index contributed by atoms with van der Waals surface area (Å²) in [5, 5.41) is 2.71. The van der Waals surface area contributed by atoms with E-state index < -0.39 is 0 Å². The van der Waals surface area contributed by atoms with E-state index in [1.54, 1.807) is 44.7 Å². The van der Waals surface area contributed by atoms with Gasteiger partial charge in [-0.1, -0.05) is 12.1 Å². The maximum absolute atomic E-state index is 12.1. The number of likely N-dealkylation sites (N-methyl/N-ethyl adjacent to an activating group) is 1. The smallest absolute Gasteiger partial charge is 0.239 e. The van der Waals surface area contributed by atoms with Crippen LogP contribution in [-0.2, 0) is 22.6 Å². The predicted molar refractivity (Wildman–Crippen MR) is 84.9 cm³/mol. The van der Waals surface area contributed by atoms with Crippen LogP contribution in [0.3, 0.4) is 0 Å². The van der Waals surface area contributed by atoms with Gasteiger partial charge in [-0.15, -0.1) is 0 Å². The van der Waals surface area contributed by atoms with Crippen molar-refractivity contribution in [3.05, 3.63) is 54.0 Å². The van der Waals surface area contributed by atoms with E-state index in [4.69, 9.17) is 9.15 Å². The molecule has 1 N–H and O–H groups in total. The maximum atomic E-state index is 12.1. The Bertz CT molecular complexity index is 635. The molecular weight excluding hydrogens is 296 g/mol. The van der Waals surface area contributed by atoms with Crippen molar-refractivity contribution in [1.82, 2.24) is 10.2 Å². The number of benzene rings is 1. The first-order chi connectivity index (χ1) is 11.1. The van der Waals surface area contributed by atoms with Crippen LogP contribution in [0.5, 0.6) is 5.75 Å². The minimum atomic E-state index is -0.230. The number of carbonyl (C=O) groups excluding carboxylic acids is 2. The van der Waals surface area contributed by atoms with Crippen LogP contribution >= 0.6 is 0 Å². The average Bonchev–Trinajstić information content (AvgIpc) is 3.07. The van der Waals surface area contributed by atoms with E-state index in [0.29, 0.717) is 12.3 Å². The number of carbonyl (C=O) groups is 2. The summed E-state index contributed by atoms with van der Waals surface area (Å²) in [5.41, 5.74) is 0.874. The van der Waals surface area contributed by atoms with Crippen molar-refractivity contribution >= 4 is 11.8 Å². The molecule has 0 bridgehead atoms. The molecule has 122 valence electrons. The van der Waals surface area contributed by atoms with Gasteiger partial charge in [0.25, 0.3) is 0 Å². The van der Waals surface area contributed by atoms with Crippen molar-refractivity contribution in [1.29, 1.82) is 0 Å². The van der Waals surface area contributed by atoms with Gasteiger partial charge in [-0.25, -0.2) is 0 Å². The van der Waals surface area contributed by atoms with Gasteiger partial charge < -0.3 is 19.4 Å². The number of rotatable bonds is 7. The summed E-state index contributed by atoms with van der Waals surface area (Å²) in [6.07, 6.45) is 1.79. The number of methoxy groups -OCH3 is 1. The van der Waals surface area contributed by atoms with E-state index in [0.717, 1.165) is 11.3 Å². The third-order valence-electron chi connectivity index (χ3n) is 3.36. The quantitative estimate of drug-likeness (QED) is 0.842. The molecule has 2 rings (SSSR count). The molecule has 0 saturated carbocycles. The number of ether oxygens (including phenoxy) is 1. The molecule has 0 unspecified atom stereocenters. The number of hydrogen-bond acceptors (Lipinski definition) is 4. The molecule has 0 radical (unpaired) electrons. The van der Waals surface area contributed by atoms with E-state index in [2.05, 4.69) is 5.32 Å². The standard InChI is InChI=1S/C17H20N2O4/c1-19(12-16(20)18-11-15-4-3-9-23-15)17(21)10-13-5-7-14(22-2)8-6-13/h3-9H,10-12H2,1-2H3,(H,18,20). The number of amides is 2. The second kappa shape index (κ2) is 8.03. The fourth-order valence-corrected chi connectivity index (χ4v) is 2.01. The highest BCUT2D eigenvalue weighted by atomic mass is 16.5. The Morgan fingerprint density at radius 1 is 1.22 bits per heavy atom. The zero-order valence-corrected chi connectivity index (χ0v) is 13.2. The molecule has 0 aliphatic rings. The highest BCUT2D eigenvalue weighted by Crippen LogP contribution is 2.12. The maximum Gasteiger partial charge on any atom is 0.239 e. The molecule has 1 aromatic carbocycles. The van der Waals surface area contributed by atoms with Crippen molar-refractivity contribution in [2.75, 3.05) is 20.7 Å². The third-order valence-corrected chi connectivity index (χ3v) is 3.36. The lowest BCUT2D eigenvalue weighted by Gasteiger charge is -2.16. The first kappa shape index (κ1) is 16.6. The topological polar surface area (TPSA) is 71.8 Å². The second-order valence-corrected chi connectivity index (χ2v) is 5.13. The van der Waals surface area contributed by atoms with Gasteiger partial charge in [0.2, 0.25) is 11.8 Å². The summed E-state index contributed by atoms with van der Waals surface area (Å²) in [6, 6.07) is 10.8. The Kier molecular flexibility index (Phi) is 5.80. The molecule has 0 aliphatic carbocycles. The number of nitrogens with zero attached hydrogens (tertiary/aromatic N) is 1. The molecule has 2 aromatic rings. The Morgan fingerprint density at radius 2 is 1.96 bits per heavy atom. The van der Waals surface area contributed by atoms with Gasteiger partial charge in [-0.05, 0) is 29.8 Å². The van der Waals surface area contributed by atoms with E-state index in [9.17, 15) is 9.59 Å². The van der Waals surface area contributed by atoms with Crippen LogP contribution in [0, 0.1) is 0 Å². The number of furan rings is 1. The van der Waals surface area contributed by atoms with E-state index in [1.165, 1.54) is 4.90 Å². The monoisotopic (exact) mass is 316 g/mol. The Balaban J connectivity index is 1.78. The van der Waals surface area contributed by atoms with Crippen molar-refractivity contribution in [3.63, 3.8) is 0 Å². The fourth-order valence-electron chi connectivity index (χ4n) is 2.01. The molecule has 23 heavy (non-hydrogen) atoms. The van der Waals surface area contributed by atoms with Crippen LogP contribution in [-0.4, -0.2) is 37.4 Å². The minimum Gasteiger partial charge on any atom is -0.497 e. The molecule has 2 amide bonds. The van der Waals surface area contributed by atoms with E-state index in [1.807, 2.05) is 12.1 Å². The minimum absolute atomic E-state index is 0.00962. The summed E-state index contributed by atoms with van der Waals surface area (Å²) < 4.78 is 10.2. The Hall–Kier alpha value is -2.76. The van der Waals surface area contributed by atoms with Crippen LogP contribution in [0.15, 0.2) is 47.1 Å². The number of hydrogen-bond donors (Lipinski definition) is 1. The first-order valence-corrected chi connectivity index (χ1v) is 7.24. The first-order valence-electron chi connectivity index (χ1n) is 7.24. The Labute approximate surface area is 135 Å². The van der Waals surface area contributed by atoms with Crippen LogP contribution < -0.4 is 10.1 Å². The van der Waals surface area contributed by atoms with Crippen LogP contribution in [0.4, 0.5) is 0 Å². The highest BCUT2D eigenvalue weighted by Gasteiger charge is 2.13. The molecule has 0 aliphatic heterocycles. The molecule has 6 heteroatoms. The number of nitrogens with one attached hydrogen (secondary N) is 1. The zero-order valence-electron chi connectivity index (χ0n) is 13.2. The van der Waals surface area contributed by atoms with Gasteiger partial charge in [0.1, 0.15) is 11.5 Å². The van der Waals surface area contributed by atoms with Crippen LogP contribution in [0.2, 0.25) is 0 Å². The van der Waals surface area contributed by atoms with Crippen molar-refractivity contribution < 1.29 is 18.7 Å². The van der Waals surface area contributed by atoms with Crippen molar-refractivity contribution in [3.8, 4) is 5.75 Å². The summed E-state index contributed by atoms with van der Waals surface area (Å²) in [7, 11) is 3.20. The van der Waals surface area contributed by atoms with Gasteiger partial charge in [0.05, 0.1) is 32.9 Å². The predicted octanol–water partition coefficient (Wildman–Crippen LogP) is 1.61. The summed E-state index contributed by atoms with van der Waals surface area (Å²) in [4.78, 5) is 25.4. The summed E-state index contributed by atoms with van der Waals surface area (Å²) in [6.45, 7) is 0.321. The molecule has 0 fully saturated rings. The molecule has 1 heterocycles. The van der Waals surface area contributed by atoms with Crippen molar-refractivity contribution in [2.24, 2.45) is 0 Å². The van der Waals surface area contributed by atoms with E-state index >= 15 is 0 Å². The normalized spacial score (nSPS) is 10.2. The lowest BCUT2D eigenvalue weighted by atomic mass is 10.1. The molecule has 1 aromatic heterocycles. The van der Waals surface area contributed by atoms with E-state index in [-0.39, 0.29) is 24.8 Å². The summed E-state index contributed by atoms with van der Waals surface area (Å²) in [5.74, 6) is 1.06. The average molecular weight is 316 g/mol. The molecule has 0 spiro atoms. The van der Waals surface area contributed by atoms with Crippen LogP contribution in [0.1, 0.15) is 11.3 Å². The molecule has 6 nitrogen and oxygen atoms in total. The van der Waals surface area contributed by atoms with Crippen LogP contribution in [0.25, 0.3) is 0 Å². The summed E-state index contributed by atoms with van der Waals surface area (Å²) >= 11 is 0. The lowest BCUT2D eigenvalue weighted by Crippen LogP contribution is -2.38. The largest absolute Gasteiger partial charge is 0.497 e. The molecular formula is C17H20N2O4. The zero-order chi connectivity index (χ0) is 16.7. The third kappa shape index (κ3) is 5.18. The molecule has 0 atom stereocenters. The lowest BCUT2D eigenvalue weighted by molar-refractivity contribution is -0.134. The van der Waals surface area contributed by atoms with Gasteiger partial charge in [-0.3, -0.25) is 9.59 Å². The van der Waals surface area contributed by atoms with Gasteiger partial charge >= 0.3 is 0 Å². The molecule has 0 saturated heterocycles. The van der Waals surface area contributed by atoms with Gasteiger partial charge in [0.15, 0.2) is 0 Å². The Morgan fingerprint density at radius 3 is 2.57 bits per heavy atom. The van der Waals surface area contributed by atoms with Gasteiger partial charge in [0, 0.05) is 7.05 Å².